The maximum absolute atomic E-state index is 12.5. The molecule has 0 bridgehead atoms. The highest BCUT2D eigenvalue weighted by molar-refractivity contribution is 7.89. The monoisotopic (exact) mass is 461 g/mol. The van der Waals surface area contributed by atoms with Crippen LogP contribution in [-0.4, -0.2) is 59.3 Å². The third kappa shape index (κ3) is 5.39. The summed E-state index contributed by atoms with van der Waals surface area (Å²) in [5.74, 6) is 0.561. The molecule has 1 aromatic heterocycles. The fraction of sp³-hybridized carbons (Fsp3) is 0.444. The first-order valence-electron chi connectivity index (χ1n) is 9.09. The number of rotatable bonds is 7. The zero-order valence-corrected chi connectivity index (χ0v) is 18.6. The zero-order valence-electron chi connectivity index (χ0n) is 16.2. The molecule has 8 nitrogen and oxygen atoms in total. The second kappa shape index (κ2) is 8.75. The van der Waals surface area contributed by atoms with Gasteiger partial charge in [0.15, 0.2) is 0 Å². The summed E-state index contributed by atoms with van der Waals surface area (Å²) in [5.41, 5.74) is 0. The average molecular weight is 462 g/mol. The van der Waals surface area contributed by atoms with Crippen molar-refractivity contribution in [2.45, 2.75) is 35.4 Å². The van der Waals surface area contributed by atoms with E-state index in [0.717, 1.165) is 4.31 Å². The van der Waals surface area contributed by atoms with Gasteiger partial charge in [0.1, 0.15) is 5.76 Å². The van der Waals surface area contributed by atoms with E-state index in [1.54, 1.807) is 18.2 Å². The highest BCUT2D eigenvalue weighted by Gasteiger charge is 2.26. The van der Waals surface area contributed by atoms with E-state index < -0.39 is 20.0 Å². The van der Waals surface area contributed by atoms with Crippen molar-refractivity contribution in [2.75, 3.05) is 27.2 Å². The lowest BCUT2D eigenvalue weighted by molar-refractivity contribution is 0.183. The number of hydrogen-bond acceptors (Lipinski definition) is 6. The lowest BCUT2D eigenvalue weighted by Gasteiger charge is -2.31. The number of likely N-dealkylation sites (tertiary alicyclic amines) is 1. The van der Waals surface area contributed by atoms with Crippen LogP contribution in [0.3, 0.4) is 0 Å². The van der Waals surface area contributed by atoms with Gasteiger partial charge in [0, 0.05) is 38.2 Å². The first-order valence-corrected chi connectivity index (χ1v) is 12.4. The van der Waals surface area contributed by atoms with Crippen molar-refractivity contribution in [3.63, 3.8) is 0 Å². The molecule has 0 atom stereocenters. The second-order valence-electron chi connectivity index (χ2n) is 7.13. The van der Waals surface area contributed by atoms with Crippen LogP contribution in [0.1, 0.15) is 18.6 Å². The van der Waals surface area contributed by atoms with Crippen molar-refractivity contribution in [2.24, 2.45) is 0 Å². The van der Waals surface area contributed by atoms with Gasteiger partial charge in [-0.2, -0.15) is 0 Å². The topological polar surface area (TPSA) is 99.9 Å². The third-order valence-electron chi connectivity index (χ3n) is 4.78. The minimum atomic E-state index is -3.59. The Kier molecular flexibility index (Phi) is 6.71. The maximum Gasteiger partial charge on any atom is 0.275 e. The molecule has 29 heavy (non-hydrogen) atoms. The summed E-state index contributed by atoms with van der Waals surface area (Å²) in [5, 5.41) is 0.403. The molecule has 0 saturated carbocycles. The zero-order chi connectivity index (χ0) is 21.2. The Morgan fingerprint density at radius 3 is 2.28 bits per heavy atom. The molecule has 0 unspecified atom stereocenters. The molecule has 11 heteroatoms. The molecular weight excluding hydrogens is 438 g/mol. The number of sulfonamides is 2. The number of nitrogens with zero attached hydrogens (tertiary/aromatic N) is 2. The fourth-order valence-electron chi connectivity index (χ4n) is 3.09. The Bertz CT molecular complexity index is 1040. The molecule has 1 N–H and O–H groups in total. The largest absolute Gasteiger partial charge is 0.447 e. The van der Waals surface area contributed by atoms with Crippen LogP contribution >= 0.6 is 11.6 Å². The Hall–Kier alpha value is -1.43. The lowest BCUT2D eigenvalue weighted by atomic mass is 10.1. The van der Waals surface area contributed by atoms with E-state index in [0.29, 0.717) is 43.3 Å². The summed E-state index contributed by atoms with van der Waals surface area (Å²) < 4.78 is 58.5. The predicted molar refractivity (Wildman–Crippen MR) is 110 cm³/mol. The molecule has 1 aliphatic heterocycles. The van der Waals surface area contributed by atoms with E-state index in [1.807, 2.05) is 0 Å². The summed E-state index contributed by atoms with van der Waals surface area (Å²) in [6, 6.07) is 9.02. The van der Waals surface area contributed by atoms with Gasteiger partial charge < -0.3 is 4.42 Å². The lowest BCUT2D eigenvalue weighted by Crippen LogP contribution is -2.44. The first kappa shape index (κ1) is 22.3. The van der Waals surface area contributed by atoms with Crippen LogP contribution in [-0.2, 0) is 26.6 Å². The van der Waals surface area contributed by atoms with Gasteiger partial charge in [-0.05, 0) is 49.2 Å². The molecule has 0 radical (unpaired) electrons. The van der Waals surface area contributed by atoms with Crippen molar-refractivity contribution in [1.29, 1.82) is 0 Å². The molecule has 1 fully saturated rings. The molecule has 160 valence electrons. The number of piperidine rings is 1. The number of benzene rings is 1. The van der Waals surface area contributed by atoms with E-state index in [1.165, 1.54) is 32.3 Å². The molecular formula is C18H24ClN3O5S2. The van der Waals surface area contributed by atoms with Gasteiger partial charge in [-0.15, -0.1) is 0 Å². The Morgan fingerprint density at radius 1 is 1.07 bits per heavy atom. The van der Waals surface area contributed by atoms with Crippen LogP contribution in [0.5, 0.6) is 0 Å². The van der Waals surface area contributed by atoms with Gasteiger partial charge in [-0.3, -0.25) is 4.90 Å². The molecule has 0 spiro atoms. The summed E-state index contributed by atoms with van der Waals surface area (Å²) in [6.45, 7) is 1.81. The fourth-order valence-corrected chi connectivity index (χ4v) is 5.34. The summed E-state index contributed by atoms with van der Waals surface area (Å²) in [4.78, 5) is 2.30. The molecule has 0 amide bonds. The van der Waals surface area contributed by atoms with E-state index in [4.69, 9.17) is 16.0 Å². The van der Waals surface area contributed by atoms with Crippen LogP contribution in [0.25, 0.3) is 0 Å². The molecule has 1 aliphatic rings. The molecule has 1 saturated heterocycles. The van der Waals surface area contributed by atoms with Crippen molar-refractivity contribution < 1.29 is 21.3 Å². The number of hydrogen-bond donors (Lipinski definition) is 1. The first-order chi connectivity index (χ1) is 13.6. The van der Waals surface area contributed by atoms with Crippen LogP contribution < -0.4 is 4.72 Å². The normalized spacial score (nSPS) is 17.1. The van der Waals surface area contributed by atoms with Crippen molar-refractivity contribution in [3.8, 4) is 0 Å². The van der Waals surface area contributed by atoms with Gasteiger partial charge in [0.05, 0.1) is 11.4 Å². The van der Waals surface area contributed by atoms with Gasteiger partial charge in [-0.1, -0.05) is 11.6 Å². The molecule has 2 heterocycles. The van der Waals surface area contributed by atoms with Gasteiger partial charge in [-0.25, -0.2) is 25.9 Å². The van der Waals surface area contributed by atoms with Gasteiger partial charge in [0.25, 0.3) is 10.0 Å². The number of nitrogens with one attached hydrogen (secondary N) is 1. The van der Waals surface area contributed by atoms with Gasteiger partial charge >= 0.3 is 0 Å². The Morgan fingerprint density at radius 2 is 1.69 bits per heavy atom. The smallest absolute Gasteiger partial charge is 0.275 e. The van der Waals surface area contributed by atoms with E-state index in [9.17, 15) is 16.8 Å². The molecule has 2 aromatic rings. The number of halogens is 1. The second-order valence-corrected chi connectivity index (χ2v) is 11.4. The summed E-state index contributed by atoms with van der Waals surface area (Å²) in [7, 11) is -4.28. The molecule has 3 rings (SSSR count). The van der Waals surface area contributed by atoms with Crippen LogP contribution in [0.15, 0.2) is 50.8 Å². The van der Waals surface area contributed by atoms with Crippen molar-refractivity contribution >= 4 is 31.6 Å². The number of furan rings is 1. The minimum absolute atomic E-state index is 0.0805. The molecule has 1 aromatic carbocycles. The maximum atomic E-state index is 12.5. The SMILES string of the molecule is CN(C)S(=O)(=O)c1ccc(CN2CCC(NS(=O)(=O)c3ccc(Cl)cc3)CC2)o1. The third-order valence-corrected chi connectivity index (χ3v) is 8.26. The Labute approximate surface area is 176 Å². The van der Waals surface area contributed by atoms with Gasteiger partial charge in [0.2, 0.25) is 15.1 Å². The standard InChI is InChI=1S/C18H24ClN3O5S2/c1-21(2)29(25,26)18-8-5-16(27-18)13-22-11-9-15(10-12-22)20-28(23,24)17-6-3-14(19)4-7-17/h3-8,15,20H,9-13H2,1-2H3. The predicted octanol–water partition coefficient (Wildman–Crippen LogP) is 2.13. The summed E-state index contributed by atoms with van der Waals surface area (Å²) >= 11 is 5.81. The quantitative estimate of drug-likeness (QED) is 0.678. The van der Waals surface area contributed by atoms with Crippen LogP contribution in [0.4, 0.5) is 0 Å². The highest BCUT2D eigenvalue weighted by atomic mass is 35.5. The van der Waals surface area contributed by atoms with E-state index >= 15 is 0 Å². The van der Waals surface area contributed by atoms with Crippen molar-refractivity contribution in [1.82, 2.24) is 13.9 Å². The van der Waals surface area contributed by atoms with Crippen LogP contribution in [0, 0.1) is 0 Å². The minimum Gasteiger partial charge on any atom is -0.447 e. The highest BCUT2D eigenvalue weighted by Crippen LogP contribution is 2.21. The van der Waals surface area contributed by atoms with Crippen molar-refractivity contribution in [3.05, 3.63) is 47.2 Å². The molecule has 0 aliphatic carbocycles. The van der Waals surface area contributed by atoms with E-state index in [-0.39, 0.29) is 16.0 Å². The summed E-state index contributed by atoms with van der Waals surface area (Å²) in [6.07, 6.45) is 1.30. The Balaban J connectivity index is 1.55. The van der Waals surface area contributed by atoms with E-state index in [2.05, 4.69) is 9.62 Å². The van der Waals surface area contributed by atoms with Crippen LogP contribution in [0.2, 0.25) is 5.02 Å². The average Bonchev–Trinajstić information content (AvgIpc) is 3.12.